The second-order valence-electron chi connectivity index (χ2n) is 4.48. The van der Waals surface area contributed by atoms with Gasteiger partial charge in [-0.25, -0.2) is 8.78 Å². The van der Waals surface area contributed by atoms with Crippen LogP contribution in [-0.4, -0.2) is 25.2 Å². The minimum Gasteiger partial charge on any atom is -0.423 e. The molecule has 0 saturated heterocycles. The third kappa shape index (κ3) is 2.64. The van der Waals surface area contributed by atoms with Gasteiger partial charge < -0.3 is 10.0 Å². The molecule has 0 radical (unpaired) electrons. The summed E-state index contributed by atoms with van der Waals surface area (Å²) in [6.07, 6.45) is 0. The van der Waals surface area contributed by atoms with Crippen LogP contribution in [0.15, 0.2) is 12.1 Å². The average Bonchev–Trinajstić information content (AvgIpc) is 2.06. The standard InChI is InChI=1S/C9H13BF2O2Si/c1-15(2,3)9-5-7(11)6(10(13)14)4-8(9)12/h4-5,13-14H,1-3H3. The van der Waals surface area contributed by atoms with Gasteiger partial charge >= 0.3 is 7.12 Å². The fourth-order valence-corrected chi connectivity index (χ4v) is 2.68. The Morgan fingerprint density at radius 1 is 1.07 bits per heavy atom. The molecule has 82 valence electrons. The lowest BCUT2D eigenvalue weighted by molar-refractivity contribution is 0.422. The van der Waals surface area contributed by atoms with Gasteiger partial charge in [0.15, 0.2) is 0 Å². The number of hydrogen-bond acceptors (Lipinski definition) is 2. The lowest BCUT2D eigenvalue weighted by Crippen LogP contribution is -2.44. The van der Waals surface area contributed by atoms with Gasteiger partial charge in [0, 0.05) is 5.46 Å². The third-order valence-corrected chi connectivity index (χ3v) is 4.17. The summed E-state index contributed by atoms with van der Waals surface area (Å²) >= 11 is 0. The quantitative estimate of drug-likeness (QED) is 0.712. The van der Waals surface area contributed by atoms with E-state index in [1.165, 1.54) is 0 Å². The van der Waals surface area contributed by atoms with E-state index >= 15 is 0 Å². The monoisotopic (exact) mass is 230 g/mol. The molecule has 0 aromatic heterocycles. The van der Waals surface area contributed by atoms with Crippen LogP contribution >= 0.6 is 0 Å². The van der Waals surface area contributed by atoms with Crippen LogP contribution in [0.4, 0.5) is 8.78 Å². The zero-order valence-corrected chi connectivity index (χ0v) is 9.88. The van der Waals surface area contributed by atoms with Crippen molar-refractivity contribution in [3.05, 3.63) is 23.8 Å². The van der Waals surface area contributed by atoms with Crippen LogP contribution in [-0.2, 0) is 0 Å². The van der Waals surface area contributed by atoms with E-state index in [-0.39, 0.29) is 0 Å². The van der Waals surface area contributed by atoms with Gasteiger partial charge in [-0.05, 0) is 17.3 Å². The van der Waals surface area contributed by atoms with Crippen molar-refractivity contribution in [3.63, 3.8) is 0 Å². The van der Waals surface area contributed by atoms with Crippen molar-refractivity contribution in [2.45, 2.75) is 19.6 Å². The van der Waals surface area contributed by atoms with E-state index in [0.717, 1.165) is 12.1 Å². The molecule has 0 aliphatic rings. The molecule has 2 N–H and O–H groups in total. The van der Waals surface area contributed by atoms with E-state index in [0.29, 0.717) is 5.19 Å². The zero-order chi connectivity index (χ0) is 11.8. The third-order valence-electron chi connectivity index (χ3n) is 2.17. The summed E-state index contributed by atoms with van der Waals surface area (Å²) < 4.78 is 26.9. The zero-order valence-electron chi connectivity index (χ0n) is 8.88. The van der Waals surface area contributed by atoms with Crippen LogP contribution in [0.5, 0.6) is 0 Å². The van der Waals surface area contributed by atoms with E-state index in [1.807, 2.05) is 19.6 Å². The Bertz CT molecular complexity index is 377. The fourth-order valence-electron chi connectivity index (χ4n) is 1.33. The molecule has 15 heavy (non-hydrogen) atoms. The van der Waals surface area contributed by atoms with Crippen molar-refractivity contribution in [3.8, 4) is 0 Å². The smallest absolute Gasteiger partial charge is 0.423 e. The first-order valence-corrected chi connectivity index (χ1v) is 8.09. The highest BCUT2D eigenvalue weighted by molar-refractivity contribution is 6.88. The van der Waals surface area contributed by atoms with Gasteiger partial charge in [-0.1, -0.05) is 19.6 Å². The van der Waals surface area contributed by atoms with Gasteiger partial charge in [-0.2, -0.15) is 0 Å². The fraction of sp³-hybridized carbons (Fsp3) is 0.333. The minimum atomic E-state index is -1.98. The van der Waals surface area contributed by atoms with Gasteiger partial charge in [-0.15, -0.1) is 0 Å². The second kappa shape index (κ2) is 4.04. The summed E-state index contributed by atoms with van der Waals surface area (Å²) in [6, 6.07) is 1.92. The van der Waals surface area contributed by atoms with Crippen molar-refractivity contribution in [1.29, 1.82) is 0 Å². The van der Waals surface area contributed by atoms with E-state index < -0.39 is 32.3 Å². The molecule has 0 bridgehead atoms. The maximum Gasteiger partial charge on any atom is 0.491 e. The van der Waals surface area contributed by atoms with Gasteiger partial charge in [-0.3, -0.25) is 0 Å². The highest BCUT2D eigenvalue weighted by Crippen LogP contribution is 2.07. The Hall–Kier alpha value is -0.718. The number of hydrogen-bond donors (Lipinski definition) is 2. The first-order valence-electron chi connectivity index (χ1n) is 4.59. The predicted octanol–water partition coefficient (Wildman–Crippen LogP) is 0.190. The summed E-state index contributed by atoms with van der Waals surface area (Å²) in [5.74, 6) is -1.34. The molecular formula is C9H13BF2O2Si. The lowest BCUT2D eigenvalue weighted by Gasteiger charge is -2.18. The van der Waals surface area contributed by atoms with Gasteiger partial charge in [0.2, 0.25) is 0 Å². The number of halogens is 2. The van der Waals surface area contributed by atoms with Gasteiger partial charge in [0.25, 0.3) is 0 Å². The molecule has 0 saturated carbocycles. The molecule has 0 spiro atoms. The lowest BCUT2D eigenvalue weighted by atomic mass is 9.80. The van der Waals surface area contributed by atoms with Crippen LogP contribution in [0.25, 0.3) is 0 Å². The van der Waals surface area contributed by atoms with Crippen LogP contribution in [0.1, 0.15) is 0 Å². The Balaban J connectivity index is 3.32. The molecule has 6 heteroatoms. The van der Waals surface area contributed by atoms with Gasteiger partial charge in [0.05, 0.1) is 8.07 Å². The maximum atomic E-state index is 13.5. The van der Waals surface area contributed by atoms with E-state index in [9.17, 15) is 8.78 Å². The predicted molar refractivity (Wildman–Crippen MR) is 59.2 cm³/mol. The maximum absolute atomic E-state index is 13.5. The molecule has 1 aromatic rings. The Morgan fingerprint density at radius 3 is 2.00 bits per heavy atom. The largest absolute Gasteiger partial charge is 0.491 e. The van der Waals surface area contributed by atoms with Crippen LogP contribution < -0.4 is 10.6 Å². The molecule has 0 heterocycles. The van der Waals surface area contributed by atoms with E-state index in [4.69, 9.17) is 10.0 Å². The second-order valence-corrected chi connectivity index (χ2v) is 9.52. The Kier molecular flexibility index (Phi) is 3.32. The summed E-state index contributed by atoms with van der Waals surface area (Å²) in [5, 5.41) is 17.9. The minimum absolute atomic E-state index is 0.351. The Labute approximate surface area is 88.7 Å². The average molecular weight is 230 g/mol. The van der Waals surface area contributed by atoms with Crippen molar-refractivity contribution >= 4 is 25.8 Å². The molecule has 0 amide bonds. The highest BCUT2D eigenvalue weighted by Gasteiger charge is 2.25. The molecule has 1 rings (SSSR count). The molecule has 0 aliphatic carbocycles. The summed E-state index contributed by atoms with van der Waals surface area (Å²) in [6.45, 7) is 5.67. The van der Waals surface area contributed by atoms with Crippen molar-refractivity contribution in [2.24, 2.45) is 0 Å². The molecule has 0 aliphatic heterocycles. The first-order chi connectivity index (χ1) is 6.73. The summed E-state index contributed by atoms with van der Waals surface area (Å²) in [7, 11) is -3.92. The normalized spacial score (nSPS) is 11.7. The number of rotatable bonds is 2. The molecule has 0 fully saturated rings. The highest BCUT2D eigenvalue weighted by atomic mass is 28.3. The summed E-state index contributed by atoms with van der Waals surface area (Å²) in [5.41, 5.74) is -0.422. The molecule has 0 unspecified atom stereocenters. The van der Waals surface area contributed by atoms with E-state index in [2.05, 4.69) is 0 Å². The topological polar surface area (TPSA) is 40.5 Å². The molecular weight excluding hydrogens is 217 g/mol. The van der Waals surface area contributed by atoms with Crippen molar-refractivity contribution < 1.29 is 18.8 Å². The first kappa shape index (κ1) is 12.4. The SMILES string of the molecule is C[Si](C)(C)c1cc(F)c(B(O)O)cc1F. The van der Waals surface area contributed by atoms with Crippen LogP contribution in [0.2, 0.25) is 19.6 Å². The van der Waals surface area contributed by atoms with E-state index in [1.54, 1.807) is 0 Å². The van der Waals surface area contributed by atoms with Crippen LogP contribution in [0.3, 0.4) is 0 Å². The number of benzene rings is 1. The molecule has 1 aromatic carbocycles. The summed E-state index contributed by atoms with van der Waals surface area (Å²) in [4.78, 5) is 0. The Morgan fingerprint density at radius 2 is 1.60 bits per heavy atom. The van der Waals surface area contributed by atoms with Crippen molar-refractivity contribution in [1.82, 2.24) is 0 Å². The van der Waals surface area contributed by atoms with Gasteiger partial charge in [0.1, 0.15) is 11.6 Å². The molecule has 0 atom stereocenters. The molecule has 2 nitrogen and oxygen atoms in total. The van der Waals surface area contributed by atoms with Crippen molar-refractivity contribution in [2.75, 3.05) is 0 Å². The van der Waals surface area contributed by atoms with Crippen LogP contribution in [0, 0.1) is 11.6 Å².